The molecule has 0 aliphatic rings. The van der Waals surface area contributed by atoms with E-state index in [4.69, 9.17) is 16.3 Å². The van der Waals surface area contributed by atoms with Crippen LogP contribution in [-0.2, 0) is 14.8 Å². The fraction of sp³-hybridized carbons (Fsp3) is 0.136. The van der Waals surface area contributed by atoms with E-state index < -0.39 is 22.5 Å². The van der Waals surface area contributed by atoms with Gasteiger partial charge in [0.25, 0.3) is 10.0 Å². The Hall–Kier alpha value is -3.03. The Morgan fingerprint density at radius 3 is 2.37 bits per heavy atom. The number of nitrogens with one attached hydrogen (secondary N) is 1. The van der Waals surface area contributed by atoms with E-state index in [1.54, 1.807) is 66.7 Å². The number of hydrogen-bond donors (Lipinski definition) is 1. The zero-order valence-corrected chi connectivity index (χ0v) is 17.9. The fourth-order valence-electron chi connectivity index (χ4n) is 2.80. The third-order valence-electron chi connectivity index (χ3n) is 4.16. The van der Waals surface area contributed by atoms with Gasteiger partial charge < -0.3 is 10.1 Å². The summed E-state index contributed by atoms with van der Waals surface area (Å²) >= 11 is 5.94. The molecule has 30 heavy (non-hydrogen) atoms. The van der Waals surface area contributed by atoms with Gasteiger partial charge in [-0.1, -0.05) is 35.9 Å². The summed E-state index contributed by atoms with van der Waals surface area (Å²) in [4.78, 5) is 12.8. The van der Waals surface area contributed by atoms with Gasteiger partial charge >= 0.3 is 0 Å². The van der Waals surface area contributed by atoms with E-state index in [1.807, 2.05) is 6.92 Å². The third kappa shape index (κ3) is 5.31. The molecule has 0 bridgehead atoms. The molecule has 0 saturated heterocycles. The molecule has 6 nitrogen and oxygen atoms in total. The van der Waals surface area contributed by atoms with Crippen LogP contribution < -0.4 is 14.4 Å². The second-order valence-electron chi connectivity index (χ2n) is 6.31. The summed E-state index contributed by atoms with van der Waals surface area (Å²) in [6.07, 6.45) is 0. The van der Waals surface area contributed by atoms with Gasteiger partial charge in [0.15, 0.2) is 0 Å². The Balaban J connectivity index is 1.88. The van der Waals surface area contributed by atoms with Crippen molar-refractivity contribution in [2.75, 3.05) is 22.8 Å². The summed E-state index contributed by atoms with van der Waals surface area (Å²) in [6, 6.07) is 21.2. The maximum Gasteiger partial charge on any atom is 0.264 e. The van der Waals surface area contributed by atoms with Crippen LogP contribution in [0.4, 0.5) is 11.4 Å². The summed E-state index contributed by atoms with van der Waals surface area (Å²) in [5.74, 6) is 0.125. The van der Waals surface area contributed by atoms with Crippen molar-refractivity contribution < 1.29 is 17.9 Å². The van der Waals surface area contributed by atoms with E-state index in [-0.39, 0.29) is 4.90 Å². The van der Waals surface area contributed by atoms with Crippen LogP contribution in [0.25, 0.3) is 0 Å². The standard InChI is InChI=1S/C22H21ClN2O4S/c1-2-29-20-8-6-7-18(15-20)24-22(26)16-25(19-13-11-17(23)12-14-19)30(27,28)21-9-4-3-5-10-21/h3-15H,2,16H2,1H3,(H,24,26). The number of ether oxygens (including phenoxy) is 1. The fourth-order valence-corrected chi connectivity index (χ4v) is 4.37. The first-order valence-electron chi connectivity index (χ1n) is 9.26. The predicted molar refractivity (Wildman–Crippen MR) is 119 cm³/mol. The topological polar surface area (TPSA) is 75.7 Å². The molecule has 0 spiro atoms. The molecule has 0 aliphatic carbocycles. The molecule has 156 valence electrons. The molecule has 0 atom stereocenters. The zero-order valence-electron chi connectivity index (χ0n) is 16.3. The number of carbonyl (C=O) groups is 1. The first kappa shape index (κ1) is 21.7. The van der Waals surface area contributed by atoms with Crippen LogP contribution in [0.1, 0.15) is 6.92 Å². The molecule has 1 amide bonds. The normalized spacial score (nSPS) is 11.0. The minimum Gasteiger partial charge on any atom is -0.494 e. The van der Waals surface area contributed by atoms with Crippen molar-refractivity contribution in [3.63, 3.8) is 0 Å². The first-order chi connectivity index (χ1) is 14.4. The highest BCUT2D eigenvalue weighted by atomic mass is 35.5. The number of amides is 1. The number of benzene rings is 3. The van der Waals surface area contributed by atoms with Crippen LogP contribution in [0.2, 0.25) is 5.02 Å². The second kappa shape index (κ2) is 9.65. The van der Waals surface area contributed by atoms with Gasteiger partial charge in [0, 0.05) is 16.8 Å². The van der Waals surface area contributed by atoms with E-state index in [1.165, 1.54) is 12.1 Å². The minimum absolute atomic E-state index is 0.0890. The van der Waals surface area contributed by atoms with Crippen LogP contribution in [-0.4, -0.2) is 27.5 Å². The number of sulfonamides is 1. The predicted octanol–water partition coefficient (Wildman–Crippen LogP) is 4.57. The van der Waals surface area contributed by atoms with Crippen molar-refractivity contribution in [1.29, 1.82) is 0 Å². The lowest BCUT2D eigenvalue weighted by Gasteiger charge is -2.24. The van der Waals surface area contributed by atoms with E-state index in [2.05, 4.69) is 5.32 Å². The largest absolute Gasteiger partial charge is 0.494 e. The number of halogens is 1. The lowest BCUT2D eigenvalue weighted by atomic mass is 10.3. The van der Waals surface area contributed by atoms with Gasteiger partial charge in [0.2, 0.25) is 5.91 Å². The van der Waals surface area contributed by atoms with Crippen LogP contribution in [0.3, 0.4) is 0 Å². The quantitative estimate of drug-likeness (QED) is 0.552. The third-order valence-corrected chi connectivity index (χ3v) is 6.20. The number of rotatable bonds is 8. The smallest absolute Gasteiger partial charge is 0.264 e. The van der Waals surface area contributed by atoms with Crippen molar-refractivity contribution in [3.8, 4) is 5.75 Å². The highest BCUT2D eigenvalue weighted by Gasteiger charge is 2.27. The Morgan fingerprint density at radius 1 is 1.00 bits per heavy atom. The zero-order chi connectivity index (χ0) is 21.6. The molecule has 0 saturated carbocycles. The van der Waals surface area contributed by atoms with E-state index in [0.29, 0.717) is 28.8 Å². The highest BCUT2D eigenvalue weighted by molar-refractivity contribution is 7.92. The summed E-state index contributed by atoms with van der Waals surface area (Å²) in [7, 11) is -3.97. The molecule has 0 aromatic heterocycles. The summed E-state index contributed by atoms with van der Waals surface area (Å²) in [5.41, 5.74) is 0.848. The van der Waals surface area contributed by atoms with Crippen LogP contribution in [0.15, 0.2) is 83.8 Å². The van der Waals surface area contributed by atoms with E-state index in [0.717, 1.165) is 4.31 Å². The van der Waals surface area contributed by atoms with Crippen molar-refractivity contribution in [2.45, 2.75) is 11.8 Å². The molecule has 0 unspecified atom stereocenters. The minimum atomic E-state index is -3.97. The van der Waals surface area contributed by atoms with Gasteiger partial charge in [-0.2, -0.15) is 0 Å². The number of nitrogens with zero attached hydrogens (tertiary/aromatic N) is 1. The average molecular weight is 445 g/mol. The van der Waals surface area contributed by atoms with Gasteiger partial charge in [0.05, 0.1) is 17.2 Å². The van der Waals surface area contributed by atoms with Crippen molar-refractivity contribution in [1.82, 2.24) is 0 Å². The number of carbonyl (C=O) groups excluding carboxylic acids is 1. The van der Waals surface area contributed by atoms with Gasteiger partial charge in [0.1, 0.15) is 12.3 Å². The van der Waals surface area contributed by atoms with Gasteiger partial charge in [-0.15, -0.1) is 0 Å². The summed E-state index contributed by atoms with van der Waals surface area (Å²) < 4.78 is 33.0. The van der Waals surface area contributed by atoms with Crippen LogP contribution in [0, 0.1) is 0 Å². The van der Waals surface area contributed by atoms with E-state index >= 15 is 0 Å². The molecule has 1 N–H and O–H groups in total. The second-order valence-corrected chi connectivity index (χ2v) is 8.61. The maximum atomic E-state index is 13.2. The van der Waals surface area contributed by atoms with Crippen molar-refractivity contribution in [3.05, 3.63) is 83.9 Å². The molecule has 3 aromatic carbocycles. The Morgan fingerprint density at radius 2 is 1.70 bits per heavy atom. The molecule has 3 rings (SSSR count). The average Bonchev–Trinajstić information content (AvgIpc) is 2.74. The number of hydrogen-bond acceptors (Lipinski definition) is 4. The molecule has 0 fully saturated rings. The monoisotopic (exact) mass is 444 g/mol. The molecular formula is C22H21ClN2O4S. The Labute approximate surface area is 181 Å². The van der Waals surface area contributed by atoms with Gasteiger partial charge in [-0.25, -0.2) is 8.42 Å². The van der Waals surface area contributed by atoms with Gasteiger partial charge in [-0.3, -0.25) is 9.10 Å². The highest BCUT2D eigenvalue weighted by Crippen LogP contribution is 2.25. The molecule has 0 radical (unpaired) electrons. The summed E-state index contributed by atoms with van der Waals surface area (Å²) in [6.45, 7) is 1.96. The van der Waals surface area contributed by atoms with E-state index in [9.17, 15) is 13.2 Å². The Kier molecular flexibility index (Phi) is 6.97. The molecular weight excluding hydrogens is 424 g/mol. The van der Waals surface area contributed by atoms with Gasteiger partial charge in [-0.05, 0) is 55.5 Å². The lowest BCUT2D eigenvalue weighted by Crippen LogP contribution is -2.38. The van der Waals surface area contributed by atoms with Crippen molar-refractivity contribution >= 4 is 38.9 Å². The molecule has 0 heterocycles. The molecule has 0 aliphatic heterocycles. The Bertz CT molecular complexity index is 1100. The number of anilines is 2. The molecule has 3 aromatic rings. The summed E-state index contributed by atoms with van der Waals surface area (Å²) in [5, 5.41) is 3.19. The van der Waals surface area contributed by atoms with Crippen molar-refractivity contribution in [2.24, 2.45) is 0 Å². The van der Waals surface area contributed by atoms with Crippen LogP contribution >= 0.6 is 11.6 Å². The first-order valence-corrected chi connectivity index (χ1v) is 11.1. The van der Waals surface area contributed by atoms with Crippen LogP contribution in [0.5, 0.6) is 5.75 Å². The lowest BCUT2D eigenvalue weighted by molar-refractivity contribution is -0.114. The molecule has 8 heteroatoms. The SMILES string of the molecule is CCOc1cccc(NC(=O)CN(c2ccc(Cl)cc2)S(=O)(=O)c2ccccc2)c1. The maximum absolute atomic E-state index is 13.2.